The highest BCUT2D eigenvalue weighted by Gasteiger charge is 2.46. The molecule has 10 rings (SSSR count). The average molecular weight is 994 g/mol. The van der Waals surface area contributed by atoms with E-state index in [0.717, 1.165) is 10.5 Å². The Balaban J connectivity index is 0.801. The number of pyridine rings is 1. The monoisotopic (exact) mass is 993 g/mol. The second-order valence-electron chi connectivity index (χ2n) is 18.1. The fourth-order valence-electron chi connectivity index (χ4n) is 9.87. The van der Waals surface area contributed by atoms with Gasteiger partial charge in [0.25, 0.3) is 21.8 Å². The molecule has 2 saturated heterocycles. The number of alkyl halides is 2. The van der Waals surface area contributed by atoms with Crippen LogP contribution in [-0.2, 0) is 31.5 Å². The number of halogens is 3. The minimum Gasteiger partial charge on any atom is -0.484 e. The second-order valence-corrected chi connectivity index (χ2v) is 19.8. The molecule has 6 heterocycles. The van der Waals surface area contributed by atoms with Crippen LogP contribution < -0.4 is 25.8 Å². The van der Waals surface area contributed by atoms with Crippen LogP contribution in [0.3, 0.4) is 0 Å². The molecule has 3 aromatic heterocycles. The molecule has 0 spiro atoms. The Morgan fingerprint density at radius 2 is 1.68 bits per heavy atom. The number of carbonyl (C=O) groups is 5. The van der Waals surface area contributed by atoms with Gasteiger partial charge in [0.2, 0.25) is 17.7 Å². The first-order valence-electron chi connectivity index (χ1n) is 22.9. The Morgan fingerprint density at radius 1 is 0.930 bits per heavy atom. The Bertz CT molecular complexity index is 3280. The summed E-state index contributed by atoms with van der Waals surface area (Å²) in [7, 11) is -3.36. The maximum Gasteiger partial charge on any atom is 0.355 e. The minimum absolute atomic E-state index is 0.0140. The fourth-order valence-corrected chi connectivity index (χ4v) is 10.4. The maximum absolute atomic E-state index is 13.7. The summed E-state index contributed by atoms with van der Waals surface area (Å²) in [6, 6.07) is 13.4. The fraction of sp³-hybridized carbons (Fsp3) is 0.333. The van der Waals surface area contributed by atoms with Crippen LogP contribution >= 0.6 is 0 Å². The Kier molecular flexibility index (Phi) is 12.0. The zero-order valence-corrected chi connectivity index (χ0v) is 39.0. The van der Waals surface area contributed by atoms with Crippen molar-refractivity contribution in [1.29, 1.82) is 0 Å². The summed E-state index contributed by atoms with van der Waals surface area (Å²) in [4.78, 5) is 72.1. The van der Waals surface area contributed by atoms with Gasteiger partial charge in [-0.25, -0.2) is 17.8 Å². The Labute approximate surface area is 403 Å². The van der Waals surface area contributed by atoms with Gasteiger partial charge in [-0.15, -0.1) is 0 Å². The molecule has 1 unspecified atom stereocenters. The van der Waals surface area contributed by atoms with Gasteiger partial charge in [0.05, 0.1) is 40.0 Å². The van der Waals surface area contributed by atoms with Gasteiger partial charge in [0, 0.05) is 73.3 Å². The lowest BCUT2D eigenvalue weighted by Crippen LogP contribution is -2.54. The third-order valence-electron chi connectivity index (χ3n) is 13.7. The summed E-state index contributed by atoms with van der Waals surface area (Å²) < 4.78 is 76.7. The van der Waals surface area contributed by atoms with Gasteiger partial charge >= 0.3 is 5.76 Å². The number of nitrogens with two attached hydrogens (primary N) is 1. The van der Waals surface area contributed by atoms with Gasteiger partial charge < -0.3 is 20.7 Å². The van der Waals surface area contributed by atoms with Crippen molar-refractivity contribution in [3.05, 3.63) is 102 Å². The first kappa shape index (κ1) is 46.9. The lowest BCUT2D eigenvalue weighted by Gasteiger charge is -2.40. The first-order valence-corrected chi connectivity index (χ1v) is 24.4. The van der Waals surface area contributed by atoms with Crippen molar-refractivity contribution in [2.75, 3.05) is 28.9 Å². The molecule has 3 fully saturated rings. The molecule has 19 nitrogen and oxygen atoms in total. The number of nitrogens with zero attached hydrogens (tertiary/aromatic N) is 7. The first-order chi connectivity index (χ1) is 33.9. The van der Waals surface area contributed by atoms with Crippen LogP contribution in [-0.4, -0.2) is 103 Å². The van der Waals surface area contributed by atoms with E-state index >= 15 is 0 Å². The number of ether oxygens (including phenoxy) is 1. The molecule has 3 aliphatic heterocycles. The van der Waals surface area contributed by atoms with E-state index in [1.807, 2.05) is 20.5 Å². The molecule has 0 radical (unpaired) electrons. The van der Waals surface area contributed by atoms with Crippen LogP contribution in [0.4, 0.5) is 30.4 Å². The van der Waals surface area contributed by atoms with Gasteiger partial charge in [-0.3, -0.25) is 48.3 Å². The lowest BCUT2D eigenvalue weighted by atomic mass is 9.78. The molecular formula is C48H46F3N11O8S. The van der Waals surface area contributed by atoms with Crippen molar-refractivity contribution in [1.82, 2.24) is 39.7 Å². The molecule has 2 atom stereocenters. The highest BCUT2D eigenvalue weighted by atomic mass is 32.2. The topological polar surface area (TPSA) is 246 Å². The van der Waals surface area contributed by atoms with Crippen molar-refractivity contribution >= 4 is 67.7 Å². The molecule has 5 amide bonds. The van der Waals surface area contributed by atoms with Gasteiger partial charge in [-0.2, -0.15) is 19.0 Å². The molecule has 3 aromatic carbocycles. The number of sulfonamides is 1. The van der Waals surface area contributed by atoms with Crippen LogP contribution in [0.1, 0.15) is 83.9 Å². The van der Waals surface area contributed by atoms with E-state index in [0.29, 0.717) is 77.7 Å². The maximum atomic E-state index is 13.7. The van der Waals surface area contributed by atoms with E-state index in [4.69, 9.17) is 20.7 Å². The summed E-state index contributed by atoms with van der Waals surface area (Å²) in [6.45, 7) is 2.67. The quantitative estimate of drug-likeness (QED) is 0.100. The summed E-state index contributed by atoms with van der Waals surface area (Å²) >= 11 is 0. The average Bonchev–Trinajstić information content (AvgIpc) is 4.03. The molecule has 368 valence electrons. The number of aryl methyl sites for hydroxylation is 1. The van der Waals surface area contributed by atoms with Crippen molar-refractivity contribution in [3.8, 4) is 28.1 Å². The van der Waals surface area contributed by atoms with Crippen molar-refractivity contribution in [2.45, 2.75) is 75.4 Å². The van der Waals surface area contributed by atoms with E-state index in [1.165, 1.54) is 48.5 Å². The van der Waals surface area contributed by atoms with E-state index in [1.54, 1.807) is 43.2 Å². The van der Waals surface area contributed by atoms with Crippen LogP contribution in [0.2, 0.25) is 0 Å². The van der Waals surface area contributed by atoms with E-state index < -0.39 is 57.4 Å². The van der Waals surface area contributed by atoms with E-state index in [2.05, 4.69) is 15.6 Å². The SMILES string of the molecule is C[C@H](Oc1cc(-c2nn(C)c3c(-c4cnn(C5CCN(C(=O)C6CC(Nc7cccc8c7C(=O)N(C7CCC(=O)NC7=O)C8=O)C6)CC5)c4)cnc(N)c23)ccc1NS(=O)(=O)C(F)F)c1ccc(F)cc1. The number of carbonyl (C=O) groups excluding carboxylic acids is 5. The predicted molar refractivity (Wildman–Crippen MR) is 252 cm³/mol. The van der Waals surface area contributed by atoms with Gasteiger partial charge in [0.15, 0.2) is 0 Å². The number of amides is 5. The zero-order chi connectivity index (χ0) is 50.0. The van der Waals surface area contributed by atoms with Gasteiger partial charge in [-0.1, -0.05) is 24.3 Å². The highest BCUT2D eigenvalue weighted by Crippen LogP contribution is 2.42. The van der Waals surface area contributed by atoms with Crippen LogP contribution in [0, 0.1) is 11.7 Å². The predicted octanol–water partition coefficient (Wildman–Crippen LogP) is 5.78. The molecule has 0 bridgehead atoms. The number of rotatable bonds is 13. The standard InChI is InChI=1S/C48H46F3N11O8S/c1-24(25-6-9-29(49)10-7-25)70-37-20-26(8-11-34(37)58-71(68,69)48(50)51)41-40-42(59(2)57-41)33(22-53-43(40)52)28-21-54-61(23-28)31-14-16-60(17-15-31)45(65)27-18-30(19-27)55-35-5-3-4-32-39(35)47(67)62(46(32)66)36-12-13-38(63)56-44(36)64/h3-11,20-24,27,30-31,36,48,55,58H,12-19H2,1-2H3,(H2,52,53)(H,56,63,64)/t24-,27?,30?,36?/m0/s1. The molecular weight excluding hydrogens is 948 g/mol. The molecule has 6 aromatic rings. The third kappa shape index (κ3) is 8.67. The largest absolute Gasteiger partial charge is 0.484 e. The van der Waals surface area contributed by atoms with Crippen LogP contribution in [0.25, 0.3) is 33.3 Å². The van der Waals surface area contributed by atoms with E-state index in [9.17, 15) is 45.6 Å². The minimum atomic E-state index is -5.09. The molecule has 23 heteroatoms. The number of hydrogen-bond acceptors (Lipinski definition) is 13. The van der Waals surface area contributed by atoms with Crippen molar-refractivity contribution in [2.24, 2.45) is 13.0 Å². The zero-order valence-electron chi connectivity index (χ0n) is 38.1. The number of nitrogens with one attached hydrogen (secondary N) is 3. The number of benzene rings is 3. The highest BCUT2D eigenvalue weighted by molar-refractivity contribution is 7.93. The smallest absolute Gasteiger partial charge is 0.355 e. The molecule has 71 heavy (non-hydrogen) atoms. The molecule has 5 N–H and O–H groups in total. The number of anilines is 3. The number of nitrogen functional groups attached to an aromatic ring is 1. The Hall–Kier alpha value is -7.82. The summed E-state index contributed by atoms with van der Waals surface area (Å²) in [5.74, 6) is -6.64. The van der Waals surface area contributed by atoms with Crippen molar-refractivity contribution in [3.63, 3.8) is 0 Å². The Morgan fingerprint density at radius 3 is 2.39 bits per heavy atom. The second kappa shape index (κ2) is 18.2. The van der Waals surface area contributed by atoms with Crippen LogP contribution in [0.15, 0.2) is 79.3 Å². The number of imide groups is 2. The van der Waals surface area contributed by atoms with Crippen LogP contribution in [0.5, 0.6) is 5.75 Å². The molecule has 1 saturated carbocycles. The lowest BCUT2D eigenvalue weighted by molar-refractivity contribution is -0.140. The number of piperidine rings is 2. The summed E-state index contributed by atoms with van der Waals surface area (Å²) in [5.41, 5.74) is 10.3. The summed E-state index contributed by atoms with van der Waals surface area (Å²) in [6.07, 6.45) is 6.90. The molecule has 4 aliphatic rings. The molecule has 1 aliphatic carbocycles. The van der Waals surface area contributed by atoms with Gasteiger partial charge in [0.1, 0.15) is 35.2 Å². The number of aromatic nitrogens is 5. The summed E-state index contributed by atoms with van der Waals surface area (Å²) in [5, 5.41) is 15.5. The van der Waals surface area contributed by atoms with Gasteiger partial charge in [-0.05, 0) is 81.0 Å². The van der Waals surface area contributed by atoms with E-state index in [-0.39, 0.29) is 65.1 Å². The number of hydrogen-bond donors (Lipinski definition) is 4. The number of likely N-dealkylation sites (tertiary alicyclic amines) is 1. The van der Waals surface area contributed by atoms with Crippen molar-refractivity contribution < 1.29 is 50.3 Å². The normalized spacial score (nSPS) is 20.0. The third-order valence-corrected chi connectivity index (χ3v) is 14.6. The number of fused-ring (bicyclic) bond motifs is 2.